The predicted octanol–water partition coefficient (Wildman–Crippen LogP) is 7.27. The molecular formula is C28H40Cl2IN3O4. The molecule has 1 saturated heterocycles. The van der Waals surface area contributed by atoms with Crippen molar-refractivity contribution in [2.45, 2.75) is 51.5 Å². The first kappa shape index (κ1) is 32.6. The number of piperidine rings is 1. The Kier molecular flexibility index (Phi) is 14.1. The van der Waals surface area contributed by atoms with E-state index in [4.69, 9.17) is 37.4 Å². The van der Waals surface area contributed by atoms with E-state index in [1.165, 1.54) is 24.8 Å². The van der Waals surface area contributed by atoms with Gasteiger partial charge in [-0.2, -0.15) is 0 Å². The lowest BCUT2D eigenvalue weighted by molar-refractivity contribution is 0.180. The van der Waals surface area contributed by atoms with Crippen LogP contribution in [-0.4, -0.2) is 57.9 Å². The zero-order valence-electron chi connectivity index (χ0n) is 22.6. The number of benzene rings is 2. The summed E-state index contributed by atoms with van der Waals surface area (Å²) in [6.07, 6.45) is 6.56. The average molecular weight is 680 g/mol. The van der Waals surface area contributed by atoms with Gasteiger partial charge in [-0.1, -0.05) is 42.6 Å². The van der Waals surface area contributed by atoms with Crippen LogP contribution in [0, 0.1) is 5.92 Å². The molecule has 2 aromatic rings. The predicted molar refractivity (Wildman–Crippen MR) is 166 cm³/mol. The number of aryl methyl sites for hydroxylation is 1. The van der Waals surface area contributed by atoms with Crippen LogP contribution >= 0.6 is 47.2 Å². The standard InChI is InChI=1S/C28H39Cl2N3O4.HI/c1-19(9-8-10-20-11-12-22(29)23(30)15-20)24(18-33-13-6-5-7-14-33)32-28(34)31-21-16-25(35-2)27(37-4)26(17-21)36-3;/h11-12,15-17,19,24H,5-10,13-14,18H2,1-4H3,(H2,31,32,34);1H. The van der Waals surface area contributed by atoms with Gasteiger partial charge in [-0.15, -0.1) is 24.0 Å². The number of amides is 2. The summed E-state index contributed by atoms with van der Waals surface area (Å²) in [5, 5.41) is 7.34. The van der Waals surface area contributed by atoms with E-state index in [-0.39, 0.29) is 42.0 Å². The molecule has 0 aliphatic carbocycles. The summed E-state index contributed by atoms with van der Waals surface area (Å²) < 4.78 is 16.2. The quantitative estimate of drug-likeness (QED) is 0.231. The highest BCUT2D eigenvalue weighted by molar-refractivity contribution is 14.0. The van der Waals surface area contributed by atoms with Crippen LogP contribution in [0.3, 0.4) is 0 Å². The number of carbonyl (C=O) groups is 1. The number of nitrogens with one attached hydrogen (secondary N) is 2. The van der Waals surface area contributed by atoms with Gasteiger partial charge in [0.2, 0.25) is 5.75 Å². The van der Waals surface area contributed by atoms with Gasteiger partial charge in [0.15, 0.2) is 11.5 Å². The van der Waals surface area contributed by atoms with Gasteiger partial charge in [0.25, 0.3) is 0 Å². The third kappa shape index (κ3) is 9.54. The maximum Gasteiger partial charge on any atom is 0.319 e. The van der Waals surface area contributed by atoms with Gasteiger partial charge >= 0.3 is 6.03 Å². The fraction of sp³-hybridized carbons (Fsp3) is 0.536. The summed E-state index contributed by atoms with van der Waals surface area (Å²) >= 11 is 12.2. The first-order valence-corrected chi connectivity index (χ1v) is 13.6. The maximum absolute atomic E-state index is 13.1. The summed E-state index contributed by atoms with van der Waals surface area (Å²) in [6.45, 7) is 5.19. The number of nitrogens with zero attached hydrogens (tertiary/aromatic N) is 1. The van der Waals surface area contributed by atoms with E-state index in [2.05, 4.69) is 22.5 Å². The van der Waals surface area contributed by atoms with E-state index >= 15 is 0 Å². The van der Waals surface area contributed by atoms with Crippen molar-refractivity contribution in [2.24, 2.45) is 5.92 Å². The van der Waals surface area contributed by atoms with Crippen molar-refractivity contribution < 1.29 is 19.0 Å². The molecule has 0 bridgehead atoms. The van der Waals surface area contributed by atoms with Gasteiger partial charge in [0.05, 0.1) is 37.1 Å². The molecule has 38 heavy (non-hydrogen) atoms. The van der Waals surface area contributed by atoms with Crippen LogP contribution in [0.15, 0.2) is 30.3 Å². The molecule has 0 saturated carbocycles. The number of rotatable bonds is 12. The van der Waals surface area contributed by atoms with Gasteiger partial charge in [-0.25, -0.2) is 4.79 Å². The summed E-state index contributed by atoms with van der Waals surface area (Å²) in [5.41, 5.74) is 1.73. The fourth-order valence-electron chi connectivity index (χ4n) is 4.80. The minimum Gasteiger partial charge on any atom is -0.493 e. The number of hydrogen-bond donors (Lipinski definition) is 2. The molecule has 1 aliphatic heterocycles. The largest absolute Gasteiger partial charge is 0.493 e. The van der Waals surface area contributed by atoms with Crippen molar-refractivity contribution in [1.29, 1.82) is 0 Å². The Balaban J connectivity index is 0.00000507. The molecule has 7 nitrogen and oxygen atoms in total. The normalized spacial score (nSPS) is 15.1. The van der Waals surface area contributed by atoms with Crippen LogP contribution in [-0.2, 0) is 6.42 Å². The molecule has 2 unspecified atom stereocenters. The van der Waals surface area contributed by atoms with Crippen LogP contribution in [0.1, 0.15) is 44.6 Å². The van der Waals surface area contributed by atoms with Crippen molar-refractivity contribution in [3.8, 4) is 17.2 Å². The molecule has 2 N–H and O–H groups in total. The number of anilines is 1. The highest BCUT2D eigenvalue weighted by Gasteiger charge is 2.24. The molecule has 0 spiro atoms. The molecule has 3 rings (SSSR count). The van der Waals surface area contributed by atoms with Gasteiger partial charge in [0.1, 0.15) is 0 Å². The molecule has 2 atom stereocenters. The third-order valence-electron chi connectivity index (χ3n) is 6.94. The van der Waals surface area contributed by atoms with Crippen LogP contribution in [0.4, 0.5) is 10.5 Å². The van der Waals surface area contributed by atoms with Gasteiger partial charge in [0, 0.05) is 24.7 Å². The highest BCUT2D eigenvalue weighted by Crippen LogP contribution is 2.40. The Labute approximate surface area is 253 Å². The van der Waals surface area contributed by atoms with Crippen molar-refractivity contribution in [2.75, 3.05) is 46.3 Å². The second-order valence-corrected chi connectivity index (χ2v) is 10.4. The van der Waals surface area contributed by atoms with Crippen LogP contribution in [0.5, 0.6) is 17.2 Å². The molecule has 1 heterocycles. The highest BCUT2D eigenvalue weighted by atomic mass is 127. The molecule has 1 fully saturated rings. The molecule has 0 radical (unpaired) electrons. The minimum atomic E-state index is -0.257. The Bertz CT molecular complexity index is 1010. The number of likely N-dealkylation sites (tertiary alicyclic amines) is 1. The third-order valence-corrected chi connectivity index (χ3v) is 7.68. The molecule has 212 valence electrons. The van der Waals surface area contributed by atoms with Crippen molar-refractivity contribution in [1.82, 2.24) is 10.2 Å². The molecule has 10 heteroatoms. The lowest BCUT2D eigenvalue weighted by Crippen LogP contribution is -2.49. The molecule has 2 amide bonds. The first-order valence-electron chi connectivity index (χ1n) is 12.9. The van der Waals surface area contributed by atoms with E-state index in [1.54, 1.807) is 33.5 Å². The zero-order valence-corrected chi connectivity index (χ0v) is 26.5. The number of ether oxygens (including phenoxy) is 3. The van der Waals surface area contributed by atoms with E-state index in [0.717, 1.165) is 38.9 Å². The summed E-state index contributed by atoms with van der Waals surface area (Å²) in [6, 6.07) is 9.00. The molecule has 1 aliphatic rings. The second kappa shape index (κ2) is 16.5. The average Bonchev–Trinajstić information content (AvgIpc) is 2.90. The van der Waals surface area contributed by atoms with Gasteiger partial charge < -0.3 is 29.7 Å². The lowest BCUT2D eigenvalue weighted by atomic mass is 9.93. The SMILES string of the molecule is COc1cc(NC(=O)NC(CN2CCCCC2)C(C)CCCc2ccc(Cl)c(Cl)c2)cc(OC)c1OC.I. The van der Waals surface area contributed by atoms with Crippen molar-refractivity contribution in [3.63, 3.8) is 0 Å². The van der Waals surface area contributed by atoms with E-state index < -0.39 is 0 Å². The maximum atomic E-state index is 13.1. The summed E-state index contributed by atoms with van der Waals surface area (Å²) in [5.74, 6) is 1.74. The summed E-state index contributed by atoms with van der Waals surface area (Å²) in [4.78, 5) is 15.6. The summed E-state index contributed by atoms with van der Waals surface area (Å²) in [7, 11) is 4.65. The number of methoxy groups -OCH3 is 3. The van der Waals surface area contributed by atoms with Crippen molar-refractivity contribution in [3.05, 3.63) is 45.9 Å². The van der Waals surface area contributed by atoms with E-state index in [1.807, 2.05) is 18.2 Å². The number of carbonyl (C=O) groups excluding carboxylic acids is 1. The second-order valence-electron chi connectivity index (χ2n) is 9.60. The first-order chi connectivity index (χ1) is 17.8. The molecule has 2 aromatic carbocycles. The van der Waals surface area contributed by atoms with Crippen LogP contribution < -0.4 is 24.8 Å². The van der Waals surface area contributed by atoms with E-state index in [0.29, 0.717) is 33.0 Å². The Morgan fingerprint density at radius 1 is 0.974 bits per heavy atom. The number of hydrogen-bond acceptors (Lipinski definition) is 5. The van der Waals surface area contributed by atoms with Gasteiger partial charge in [-0.05, 0) is 68.8 Å². The lowest BCUT2D eigenvalue weighted by Gasteiger charge is -2.33. The zero-order chi connectivity index (χ0) is 26.8. The van der Waals surface area contributed by atoms with Crippen LogP contribution in [0.2, 0.25) is 10.0 Å². The fourth-order valence-corrected chi connectivity index (χ4v) is 5.12. The molecule has 0 aromatic heterocycles. The Morgan fingerprint density at radius 3 is 2.21 bits per heavy atom. The Hall–Kier alpha value is -1.62. The smallest absolute Gasteiger partial charge is 0.319 e. The van der Waals surface area contributed by atoms with Crippen LogP contribution in [0.25, 0.3) is 0 Å². The van der Waals surface area contributed by atoms with Gasteiger partial charge in [-0.3, -0.25) is 0 Å². The molecular weight excluding hydrogens is 640 g/mol. The van der Waals surface area contributed by atoms with E-state index in [9.17, 15) is 4.79 Å². The topological polar surface area (TPSA) is 72.1 Å². The monoisotopic (exact) mass is 679 g/mol. The minimum absolute atomic E-state index is 0. The number of urea groups is 1. The Morgan fingerprint density at radius 2 is 1.63 bits per heavy atom. The van der Waals surface area contributed by atoms with Crippen molar-refractivity contribution >= 4 is 58.9 Å². The number of halogens is 3.